The maximum absolute atomic E-state index is 2.39. The van der Waals surface area contributed by atoms with Crippen LogP contribution in [0.3, 0.4) is 0 Å². The largest absolute Gasteiger partial charge is 0.0718 e. The van der Waals surface area contributed by atoms with E-state index in [-0.39, 0.29) is 30.5 Å². The van der Waals surface area contributed by atoms with Crippen LogP contribution in [0.1, 0.15) is 20.8 Å². The van der Waals surface area contributed by atoms with Gasteiger partial charge in [0.1, 0.15) is 0 Å². The Morgan fingerprint density at radius 1 is 1.00 bits per heavy atom. The SMILES string of the molecule is C[SiH](C)C(C)(C)C.[Ti]. The molecule has 0 saturated carbocycles. The van der Waals surface area contributed by atoms with Crippen molar-refractivity contribution >= 4 is 8.80 Å². The molecule has 0 rings (SSSR count). The second kappa shape index (κ2) is 3.86. The molecule has 8 heavy (non-hydrogen) atoms. The van der Waals surface area contributed by atoms with Crippen molar-refractivity contribution in [1.82, 2.24) is 0 Å². The Labute approximate surface area is 69.5 Å². The van der Waals surface area contributed by atoms with Gasteiger partial charge in [-0.15, -0.1) is 0 Å². The molecule has 0 aromatic carbocycles. The summed E-state index contributed by atoms with van der Waals surface area (Å²) in [7, 11) is -0.359. The average molecular weight is 164 g/mol. The first-order valence-corrected chi connectivity index (χ1v) is 5.83. The van der Waals surface area contributed by atoms with E-state index in [9.17, 15) is 0 Å². The molecule has 0 aliphatic heterocycles. The van der Waals surface area contributed by atoms with Gasteiger partial charge >= 0.3 is 0 Å². The molecular weight excluding hydrogens is 148 g/mol. The van der Waals surface area contributed by atoms with Crippen molar-refractivity contribution < 1.29 is 21.7 Å². The molecule has 0 aliphatic rings. The van der Waals surface area contributed by atoms with E-state index in [2.05, 4.69) is 33.9 Å². The van der Waals surface area contributed by atoms with Gasteiger partial charge in [-0.25, -0.2) is 0 Å². The fourth-order valence-corrected chi connectivity index (χ4v) is 0. The van der Waals surface area contributed by atoms with E-state index < -0.39 is 0 Å². The normalized spacial score (nSPS) is 11.2. The fourth-order valence-electron chi connectivity index (χ4n) is 0. The average Bonchev–Trinajstić information content (AvgIpc) is 1.31. The first kappa shape index (κ1) is 11.7. The third kappa shape index (κ3) is 5.08. The Balaban J connectivity index is 0. The van der Waals surface area contributed by atoms with Crippen molar-refractivity contribution in [2.24, 2.45) is 0 Å². The molecule has 0 radical (unpaired) electrons. The third-order valence-corrected chi connectivity index (χ3v) is 5.20. The van der Waals surface area contributed by atoms with Crippen LogP contribution in [-0.4, -0.2) is 8.80 Å². The van der Waals surface area contributed by atoms with Gasteiger partial charge in [-0.05, 0) is 5.04 Å². The summed E-state index contributed by atoms with van der Waals surface area (Å²) in [5.74, 6) is 0. The van der Waals surface area contributed by atoms with Crippen molar-refractivity contribution in [3.63, 3.8) is 0 Å². The van der Waals surface area contributed by atoms with Gasteiger partial charge in [-0.3, -0.25) is 0 Å². The first-order chi connectivity index (χ1) is 2.94. The van der Waals surface area contributed by atoms with Crippen molar-refractivity contribution in [2.45, 2.75) is 38.9 Å². The first-order valence-electron chi connectivity index (χ1n) is 2.94. The molecule has 0 amide bonds. The van der Waals surface area contributed by atoms with Gasteiger partial charge in [0.2, 0.25) is 0 Å². The van der Waals surface area contributed by atoms with Crippen molar-refractivity contribution in [3.05, 3.63) is 0 Å². The minimum absolute atomic E-state index is 0. The van der Waals surface area contributed by atoms with Gasteiger partial charge in [-0.2, -0.15) is 0 Å². The summed E-state index contributed by atoms with van der Waals surface area (Å²) in [5, 5.41) is 0.639. The molecule has 0 saturated heterocycles. The smallest absolute Gasteiger partial charge is 0.0361 e. The molecule has 0 aromatic heterocycles. The van der Waals surface area contributed by atoms with Crippen LogP contribution < -0.4 is 0 Å². The summed E-state index contributed by atoms with van der Waals surface area (Å²) in [5.41, 5.74) is 0. The fraction of sp³-hybridized carbons (Fsp3) is 1.00. The van der Waals surface area contributed by atoms with E-state index >= 15 is 0 Å². The van der Waals surface area contributed by atoms with E-state index in [1.807, 2.05) is 0 Å². The molecule has 0 spiro atoms. The van der Waals surface area contributed by atoms with E-state index in [4.69, 9.17) is 0 Å². The maximum atomic E-state index is 2.39. The van der Waals surface area contributed by atoms with E-state index in [1.165, 1.54) is 0 Å². The molecule has 0 heterocycles. The Hall–Kier alpha value is 0.931. The molecule has 0 bridgehead atoms. The Morgan fingerprint density at radius 3 is 1.12 bits per heavy atom. The molecule has 48 valence electrons. The van der Waals surface area contributed by atoms with Crippen LogP contribution in [0.2, 0.25) is 18.1 Å². The van der Waals surface area contributed by atoms with Crippen molar-refractivity contribution in [3.8, 4) is 0 Å². The number of hydrogen-bond donors (Lipinski definition) is 0. The van der Waals surface area contributed by atoms with Gasteiger partial charge in [0.25, 0.3) is 0 Å². The maximum Gasteiger partial charge on any atom is 0.0361 e. The molecule has 0 nitrogen and oxygen atoms in total. The minimum Gasteiger partial charge on any atom is -0.0718 e. The van der Waals surface area contributed by atoms with Crippen LogP contribution in [0.15, 0.2) is 0 Å². The van der Waals surface area contributed by atoms with Gasteiger partial charge in [-0.1, -0.05) is 33.9 Å². The second-order valence-electron chi connectivity index (χ2n) is 3.52. The molecule has 0 atom stereocenters. The summed E-state index contributed by atoms with van der Waals surface area (Å²) >= 11 is 0. The van der Waals surface area contributed by atoms with Crippen LogP contribution >= 0.6 is 0 Å². The summed E-state index contributed by atoms with van der Waals surface area (Å²) in [4.78, 5) is 0. The molecule has 0 N–H and O–H groups in total. The summed E-state index contributed by atoms with van der Waals surface area (Å²) < 4.78 is 0. The zero-order chi connectivity index (χ0) is 6.08. The molecule has 0 unspecified atom stereocenters. The van der Waals surface area contributed by atoms with E-state index in [0.717, 1.165) is 0 Å². The third-order valence-electron chi connectivity index (χ3n) is 1.73. The standard InChI is InChI=1S/C6H16Si.Ti/c1-6(2,3)7(4)5;/h7H,1-5H3;. The topological polar surface area (TPSA) is 0 Å². The van der Waals surface area contributed by atoms with Crippen LogP contribution in [0.4, 0.5) is 0 Å². The van der Waals surface area contributed by atoms with E-state index in [1.54, 1.807) is 0 Å². The van der Waals surface area contributed by atoms with Gasteiger partial charge in [0, 0.05) is 30.5 Å². The van der Waals surface area contributed by atoms with Crippen molar-refractivity contribution in [1.29, 1.82) is 0 Å². The molecule has 0 aliphatic carbocycles. The van der Waals surface area contributed by atoms with Crippen LogP contribution in [0.25, 0.3) is 0 Å². The summed E-state index contributed by atoms with van der Waals surface area (Å²) in [6.07, 6.45) is 0. The minimum atomic E-state index is -0.359. The van der Waals surface area contributed by atoms with Crippen LogP contribution in [0.5, 0.6) is 0 Å². The summed E-state index contributed by atoms with van der Waals surface area (Å²) in [6.45, 7) is 11.7. The quantitative estimate of drug-likeness (QED) is 0.482. The predicted octanol–water partition coefficient (Wildman–Crippen LogP) is 2.27. The van der Waals surface area contributed by atoms with Gasteiger partial charge in [0.05, 0.1) is 0 Å². The summed E-state index contributed by atoms with van der Waals surface area (Å²) in [6, 6.07) is 0. The molecule has 0 aromatic rings. The number of hydrogen-bond acceptors (Lipinski definition) is 0. The second-order valence-corrected chi connectivity index (χ2v) is 7.56. The zero-order valence-electron chi connectivity index (χ0n) is 6.58. The Kier molecular flexibility index (Phi) is 5.65. The van der Waals surface area contributed by atoms with Gasteiger partial charge in [0.15, 0.2) is 0 Å². The Morgan fingerprint density at radius 2 is 1.12 bits per heavy atom. The monoisotopic (exact) mass is 164 g/mol. The zero-order valence-corrected chi connectivity index (χ0v) is 9.29. The molecule has 2 heteroatoms. The van der Waals surface area contributed by atoms with E-state index in [0.29, 0.717) is 5.04 Å². The van der Waals surface area contributed by atoms with Gasteiger partial charge < -0.3 is 0 Å². The van der Waals surface area contributed by atoms with Crippen LogP contribution in [0, 0.1) is 0 Å². The molecule has 0 fully saturated rings. The number of rotatable bonds is 0. The molecular formula is C6H16SiTi. The van der Waals surface area contributed by atoms with Crippen LogP contribution in [-0.2, 0) is 21.7 Å². The van der Waals surface area contributed by atoms with Crippen molar-refractivity contribution in [2.75, 3.05) is 0 Å². The predicted molar refractivity (Wildman–Crippen MR) is 38.6 cm³/mol. The Bertz CT molecular complexity index is 54.0.